The molecule has 0 spiro atoms. The third-order valence-electron chi connectivity index (χ3n) is 9.81. The molecule has 3 heteroatoms. The van der Waals surface area contributed by atoms with E-state index in [9.17, 15) is 5.26 Å². The molecule has 9 rings (SSSR count). The van der Waals surface area contributed by atoms with Crippen LogP contribution in [0.4, 0.5) is 11.4 Å². The van der Waals surface area contributed by atoms with Crippen LogP contribution in [0.25, 0.3) is 72.0 Å². The summed E-state index contributed by atoms with van der Waals surface area (Å²) in [5.41, 5.74) is 15.3. The van der Waals surface area contributed by atoms with Gasteiger partial charge in [0.15, 0.2) is 0 Å². The van der Waals surface area contributed by atoms with Crippen LogP contribution in [0.2, 0.25) is 0 Å². The molecule has 0 saturated heterocycles. The van der Waals surface area contributed by atoms with Gasteiger partial charge in [0.1, 0.15) is 0 Å². The number of para-hydroxylation sites is 2. The molecule has 0 aliphatic carbocycles. The molecular weight excluding hydrogens is 631 g/mol. The Morgan fingerprint density at radius 3 is 1.77 bits per heavy atom. The zero-order valence-electron chi connectivity index (χ0n) is 28.4. The average molecular weight is 664 g/mol. The summed E-state index contributed by atoms with van der Waals surface area (Å²) in [6.07, 6.45) is 0. The van der Waals surface area contributed by atoms with E-state index < -0.39 is 0 Å². The highest BCUT2D eigenvalue weighted by Crippen LogP contribution is 2.38. The first-order valence-electron chi connectivity index (χ1n) is 17.5. The van der Waals surface area contributed by atoms with Crippen LogP contribution in [0.3, 0.4) is 0 Å². The topological polar surface area (TPSA) is 40.8 Å². The number of benzene rings is 8. The van der Waals surface area contributed by atoms with Crippen molar-refractivity contribution in [3.8, 4) is 56.3 Å². The largest absolute Gasteiger partial charge is 0.355 e. The standard InChI is InChI=1S/C49H33N3/c50-33-34-11-9-14-37(29-34)39-16-10-15-38(30-39)35-21-25-42(26-22-35)51-47-27-23-40(31-45(47)36-12-3-1-4-13-36)41-24-28-49-46(32-41)44-19-7-8-20-48(44)52(49)43-17-5-2-6-18-43/h1-32,51H. The van der Waals surface area contributed by atoms with Crippen molar-refractivity contribution < 1.29 is 0 Å². The molecule has 0 bridgehead atoms. The summed E-state index contributed by atoms with van der Waals surface area (Å²) >= 11 is 0. The summed E-state index contributed by atoms with van der Waals surface area (Å²) < 4.78 is 2.35. The Balaban J connectivity index is 1.06. The third kappa shape index (κ3) is 5.79. The highest BCUT2D eigenvalue weighted by atomic mass is 15.0. The second-order valence-corrected chi connectivity index (χ2v) is 13.0. The number of nitrogens with one attached hydrogen (secondary N) is 1. The number of fused-ring (bicyclic) bond motifs is 3. The van der Waals surface area contributed by atoms with Gasteiger partial charge in [0, 0.05) is 33.4 Å². The van der Waals surface area contributed by atoms with Crippen LogP contribution < -0.4 is 5.32 Å². The van der Waals surface area contributed by atoms with Crippen molar-refractivity contribution in [2.45, 2.75) is 0 Å². The molecular formula is C49H33N3. The maximum absolute atomic E-state index is 9.36. The van der Waals surface area contributed by atoms with Gasteiger partial charge in [-0.2, -0.15) is 5.26 Å². The summed E-state index contributed by atoms with van der Waals surface area (Å²) in [4.78, 5) is 0. The Morgan fingerprint density at radius 1 is 0.404 bits per heavy atom. The van der Waals surface area contributed by atoms with Crippen LogP contribution in [0, 0.1) is 11.3 Å². The summed E-state index contributed by atoms with van der Waals surface area (Å²) in [5, 5.41) is 15.6. The van der Waals surface area contributed by atoms with Gasteiger partial charge in [-0.3, -0.25) is 0 Å². The zero-order chi connectivity index (χ0) is 34.9. The maximum atomic E-state index is 9.36. The van der Waals surface area contributed by atoms with Crippen molar-refractivity contribution >= 4 is 33.2 Å². The highest BCUT2D eigenvalue weighted by molar-refractivity contribution is 6.10. The second kappa shape index (κ2) is 13.3. The summed E-state index contributed by atoms with van der Waals surface area (Å²) in [7, 11) is 0. The van der Waals surface area contributed by atoms with E-state index in [-0.39, 0.29) is 0 Å². The molecule has 0 radical (unpaired) electrons. The molecule has 3 nitrogen and oxygen atoms in total. The van der Waals surface area contributed by atoms with Crippen molar-refractivity contribution in [1.82, 2.24) is 4.57 Å². The number of anilines is 2. The molecule has 9 aromatic rings. The fourth-order valence-corrected chi connectivity index (χ4v) is 7.25. The molecule has 0 aliphatic rings. The third-order valence-corrected chi connectivity index (χ3v) is 9.81. The van der Waals surface area contributed by atoms with Crippen LogP contribution in [-0.2, 0) is 0 Å². The van der Waals surface area contributed by atoms with Crippen molar-refractivity contribution in [2.24, 2.45) is 0 Å². The lowest BCUT2D eigenvalue weighted by molar-refractivity contribution is 1.18. The number of hydrogen-bond acceptors (Lipinski definition) is 2. The number of nitrogens with zero attached hydrogens (tertiary/aromatic N) is 2. The molecule has 244 valence electrons. The van der Waals surface area contributed by atoms with Crippen molar-refractivity contribution in [3.63, 3.8) is 0 Å². The molecule has 0 fully saturated rings. The molecule has 1 heterocycles. The van der Waals surface area contributed by atoms with E-state index in [1.165, 1.54) is 32.9 Å². The number of aromatic nitrogens is 1. The van der Waals surface area contributed by atoms with E-state index in [4.69, 9.17) is 0 Å². The van der Waals surface area contributed by atoms with E-state index in [2.05, 4.69) is 186 Å². The van der Waals surface area contributed by atoms with E-state index in [1.807, 2.05) is 24.3 Å². The van der Waals surface area contributed by atoms with Crippen LogP contribution in [0.15, 0.2) is 194 Å². The highest BCUT2D eigenvalue weighted by Gasteiger charge is 2.15. The van der Waals surface area contributed by atoms with E-state index in [0.717, 1.165) is 50.4 Å². The van der Waals surface area contributed by atoms with Crippen LogP contribution in [-0.4, -0.2) is 4.57 Å². The predicted octanol–water partition coefficient (Wildman–Crippen LogP) is 13.1. The van der Waals surface area contributed by atoms with Crippen LogP contribution in [0.1, 0.15) is 5.56 Å². The minimum absolute atomic E-state index is 0.662. The molecule has 0 amide bonds. The van der Waals surface area contributed by atoms with Gasteiger partial charge >= 0.3 is 0 Å². The van der Waals surface area contributed by atoms with E-state index in [0.29, 0.717) is 5.56 Å². The second-order valence-electron chi connectivity index (χ2n) is 13.0. The summed E-state index contributed by atoms with van der Waals surface area (Å²) in [6.45, 7) is 0. The lowest BCUT2D eigenvalue weighted by Gasteiger charge is -2.15. The first-order chi connectivity index (χ1) is 25.7. The lowest BCUT2D eigenvalue weighted by Crippen LogP contribution is -1.95. The van der Waals surface area contributed by atoms with Gasteiger partial charge in [-0.15, -0.1) is 0 Å². The molecule has 1 aromatic heterocycles. The smallest absolute Gasteiger partial charge is 0.0991 e. The molecule has 0 atom stereocenters. The van der Waals surface area contributed by atoms with Crippen LogP contribution >= 0.6 is 0 Å². The van der Waals surface area contributed by atoms with Crippen molar-refractivity contribution in [3.05, 3.63) is 200 Å². The maximum Gasteiger partial charge on any atom is 0.0991 e. The van der Waals surface area contributed by atoms with Crippen molar-refractivity contribution in [2.75, 3.05) is 5.32 Å². The van der Waals surface area contributed by atoms with E-state index in [1.54, 1.807) is 0 Å². The monoisotopic (exact) mass is 663 g/mol. The molecule has 0 unspecified atom stereocenters. The minimum atomic E-state index is 0.662. The lowest BCUT2D eigenvalue weighted by atomic mass is 9.96. The van der Waals surface area contributed by atoms with Gasteiger partial charge in [0.25, 0.3) is 0 Å². The fourth-order valence-electron chi connectivity index (χ4n) is 7.25. The Morgan fingerprint density at radius 2 is 0.981 bits per heavy atom. The van der Waals surface area contributed by atoms with Gasteiger partial charge in [-0.05, 0) is 112 Å². The summed E-state index contributed by atoms with van der Waals surface area (Å²) in [5.74, 6) is 0. The van der Waals surface area contributed by atoms with E-state index >= 15 is 0 Å². The number of nitriles is 1. The van der Waals surface area contributed by atoms with Gasteiger partial charge in [0.05, 0.1) is 22.7 Å². The molecule has 0 aliphatic heterocycles. The van der Waals surface area contributed by atoms with Gasteiger partial charge in [-0.1, -0.05) is 121 Å². The zero-order valence-corrected chi connectivity index (χ0v) is 28.4. The molecule has 1 N–H and O–H groups in total. The van der Waals surface area contributed by atoms with Gasteiger partial charge in [0.2, 0.25) is 0 Å². The Labute approximate surface area is 303 Å². The first-order valence-corrected chi connectivity index (χ1v) is 17.5. The summed E-state index contributed by atoms with van der Waals surface area (Å²) in [6, 6.07) is 70.4. The molecule has 8 aromatic carbocycles. The van der Waals surface area contributed by atoms with Gasteiger partial charge in [-0.25, -0.2) is 0 Å². The molecule has 52 heavy (non-hydrogen) atoms. The quantitative estimate of drug-likeness (QED) is 0.184. The fraction of sp³-hybridized carbons (Fsp3) is 0. The first kappa shape index (κ1) is 30.9. The van der Waals surface area contributed by atoms with Crippen LogP contribution in [0.5, 0.6) is 0 Å². The molecule has 0 saturated carbocycles. The SMILES string of the molecule is N#Cc1cccc(-c2cccc(-c3ccc(Nc4ccc(-c5ccc6c(c5)c5ccccc5n6-c5ccccc5)cc4-c4ccccc4)cc3)c2)c1. The predicted molar refractivity (Wildman–Crippen MR) is 217 cm³/mol. The number of rotatable bonds is 7. The Hall–Kier alpha value is -7.15. The number of hydrogen-bond donors (Lipinski definition) is 1. The minimum Gasteiger partial charge on any atom is -0.355 e. The Kier molecular flexibility index (Phi) is 7.89. The normalized spacial score (nSPS) is 11.1. The van der Waals surface area contributed by atoms with Crippen molar-refractivity contribution in [1.29, 1.82) is 5.26 Å². The Bertz CT molecular complexity index is 2750. The average Bonchev–Trinajstić information content (AvgIpc) is 3.56. The van der Waals surface area contributed by atoms with Gasteiger partial charge < -0.3 is 9.88 Å².